The molecule has 1 amide bonds. The number of rotatable bonds is 3. The Hall–Kier alpha value is -0.570. The Bertz CT molecular complexity index is 238. The molecular weight excluding hydrogens is 200 g/mol. The van der Waals surface area contributed by atoms with E-state index in [1.54, 1.807) is 0 Å². The minimum Gasteiger partial charge on any atom is -0.341 e. The van der Waals surface area contributed by atoms with E-state index >= 15 is 0 Å². The zero-order valence-electron chi connectivity index (χ0n) is 11.1. The molecule has 1 saturated heterocycles. The summed E-state index contributed by atoms with van der Waals surface area (Å²) < 4.78 is 0. The van der Waals surface area contributed by atoms with Crippen LogP contribution in [0.2, 0.25) is 0 Å². The van der Waals surface area contributed by atoms with Crippen LogP contribution in [-0.4, -0.2) is 29.9 Å². The van der Waals surface area contributed by atoms with Gasteiger partial charge in [-0.1, -0.05) is 27.7 Å². The predicted molar refractivity (Wildman–Crippen MR) is 67.0 cm³/mol. The first-order valence-electron chi connectivity index (χ1n) is 6.36. The molecule has 1 heterocycles. The Morgan fingerprint density at radius 3 is 2.25 bits per heavy atom. The molecule has 1 rings (SSSR count). The Kier molecular flexibility index (Phi) is 4.36. The van der Waals surface area contributed by atoms with Crippen molar-refractivity contribution in [2.45, 2.75) is 53.0 Å². The van der Waals surface area contributed by atoms with Crippen molar-refractivity contribution < 1.29 is 4.79 Å². The predicted octanol–water partition coefficient (Wildman–Crippen LogP) is 2.01. The number of hydrogen-bond acceptors (Lipinski definition) is 2. The lowest BCUT2D eigenvalue weighted by molar-refractivity contribution is -0.135. The molecule has 1 fully saturated rings. The van der Waals surface area contributed by atoms with Gasteiger partial charge in [-0.15, -0.1) is 0 Å². The molecule has 1 unspecified atom stereocenters. The van der Waals surface area contributed by atoms with Crippen LogP contribution in [0.25, 0.3) is 0 Å². The molecule has 0 aromatic rings. The summed E-state index contributed by atoms with van der Waals surface area (Å²) in [7, 11) is 0. The summed E-state index contributed by atoms with van der Waals surface area (Å²) in [4.78, 5) is 14.0. The number of nitrogens with zero attached hydrogens (tertiary/aromatic N) is 1. The van der Waals surface area contributed by atoms with E-state index in [1.165, 1.54) is 0 Å². The second kappa shape index (κ2) is 5.17. The van der Waals surface area contributed by atoms with Crippen molar-refractivity contribution in [3.05, 3.63) is 0 Å². The summed E-state index contributed by atoms with van der Waals surface area (Å²) in [6.45, 7) is 10.5. The van der Waals surface area contributed by atoms with Crippen LogP contribution in [0, 0.1) is 11.3 Å². The van der Waals surface area contributed by atoms with E-state index in [1.807, 2.05) is 4.90 Å². The minimum atomic E-state index is -0.304. The monoisotopic (exact) mass is 226 g/mol. The number of carbonyl (C=O) groups excluding carboxylic acids is 1. The van der Waals surface area contributed by atoms with E-state index in [4.69, 9.17) is 5.73 Å². The highest BCUT2D eigenvalue weighted by Gasteiger charge is 2.30. The van der Waals surface area contributed by atoms with E-state index < -0.39 is 0 Å². The minimum absolute atomic E-state index is 0.143. The zero-order valence-corrected chi connectivity index (χ0v) is 11.1. The second-order valence-corrected chi connectivity index (χ2v) is 6.23. The summed E-state index contributed by atoms with van der Waals surface area (Å²) in [5.74, 6) is 0.629. The molecule has 0 bridgehead atoms. The molecule has 0 saturated carbocycles. The normalized spacial score (nSPS) is 22.2. The van der Waals surface area contributed by atoms with Crippen LogP contribution < -0.4 is 5.73 Å². The van der Waals surface area contributed by atoms with Crippen molar-refractivity contribution >= 4 is 5.91 Å². The third-order valence-electron chi connectivity index (χ3n) is 3.47. The van der Waals surface area contributed by atoms with Crippen molar-refractivity contribution in [1.29, 1.82) is 0 Å². The lowest BCUT2D eigenvalue weighted by Gasteiger charge is -2.38. The van der Waals surface area contributed by atoms with Gasteiger partial charge in [0.2, 0.25) is 5.91 Å². The third kappa shape index (κ3) is 3.78. The van der Waals surface area contributed by atoms with E-state index in [9.17, 15) is 4.79 Å². The Labute approximate surface area is 99.4 Å². The number of nitrogens with two attached hydrogens (primary N) is 1. The first-order chi connectivity index (χ1) is 7.32. The molecule has 1 aliphatic rings. The lowest BCUT2D eigenvalue weighted by atomic mass is 9.82. The van der Waals surface area contributed by atoms with Crippen molar-refractivity contribution in [3.8, 4) is 0 Å². The summed E-state index contributed by atoms with van der Waals surface area (Å²) in [6, 6.07) is -0.304. The van der Waals surface area contributed by atoms with Gasteiger partial charge < -0.3 is 10.6 Å². The zero-order chi connectivity index (χ0) is 12.3. The topological polar surface area (TPSA) is 46.3 Å². The SMILES string of the molecule is CC(C)CC(N)C(=O)N1CCC(C)(C)CC1. The summed E-state index contributed by atoms with van der Waals surface area (Å²) in [6.07, 6.45) is 2.97. The molecule has 0 aromatic heterocycles. The fourth-order valence-corrected chi connectivity index (χ4v) is 2.18. The summed E-state index contributed by atoms with van der Waals surface area (Å²) in [5, 5.41) is 0. The van der Waals surface area contributed by atoms with Crippen LogP contribution in [0.15, 0.2) is 0 Å². The van der Waals surface area contributed by atoms with E-state index in [0.29, 0.717) is 11.3 Å². The summed E-state index contributed by atoms with van der Waals surface area (Å²) >= 11 is 0. The fraction of sp³-hybridized carbons (Fsp3) is 0.923. The van der Waals surface area contributed by atoms with Crippen LogP contribution in [0.5, 0.6) is 0 Å². The van der Waals surface area contributed by atoms with Gasteiger partial charge in [-0.3, -0.25) is 4.79 Å². The maximum absolute atomic E-state index is 12.0. The number of hydrogen-bond donors (Lipinski definition) is 1. The molecule has 0 aliphatic carbocycles. The smallest absolute Gasteiger partial charge is 0.239 e. The van der Waals surface area contributed by atoms with Gasteiger partial charge in [0.25, 0.3) is 0 Å². The fourth-order valence-electron chi connectivity index (χ4n) is 2.18. The highest BCUT2D eigenvalue weighted by molar-refractivity contribution is 5.81. The molecule has 3 heteroatoms. The molecule has 0 spiro atoms. The van der Waals surface area contributed by atoms with Crippen molar-refractivity contribution in [2.24, 2.45) is 17.1 Å². The molecule has 0 radical (unpaired) electrons. The van der Waals surface area contributed by atoms with Crippen molar-refractivity contribution in [3.63, 3.8) is 0 Å². The molecule has 1 aliphatic heterocycles. The van der Waals surface area contributed by atoms with E-state index in [0.717, 1.165) is 32.4 Å². The van der Waals surface area contributed by atoms with Gasteiger partial charge in [0, 0.05) is 13.1 Å². The largest absolute Gasteiger partial charge is 0.341 e. The summed E-state index contributed by atoms with van der Waals surface area (Å²) in [5.41, 5.74) is 6.31. The van der Waals surface area contributed by atoms with Gasteiger partial charge in [-0.05, 0) is 30.6 Å². The van der Waals surface area contributed by atoms with Crippen molar-refractivity contribution in [1.82, 2.24) is 4.90 Å². The van der Waals surface area contributed by atoms with Crippen molar-refractivity contribution in [2.75, 3.05) is 13.1 Å². The first-order valence-corrected chi connectivity index (χ1v) is 6.36. The maximum Gasteiger partial charge on any atom is 0.239 e. The molecule has 0 aromatic carbocycles. The van der Waals surface area contributed by atoms with E-state index in [-0.39, 0.29) is 11.9 Å². The van der Waals surface area contributed by atoms with Crippen LogP contribution in [-0.2, 0) is 4.79 Å². The molecule has 94 valence electrons. The number of amides is 1. The Morgan fingerprint density at radius 1 is 1.31 bits per heavy atom. The van der Waals surface area contributed by atoms with Crippen LogP contribution in [0.1, 0.15) is 47.0 Å². The van der Waals surface area contributed by atoms with Crippen LogP contribution in [0.3, 0.4) is 0 Å². The van der Waals surface area contributed by atoms with Gasteiger partial charge in [0.1, 0.15) is 0 Å². The third-order valence-corrected chi connectivity index (χ3v) is 3.47. The van der Waals surface area contributed by atoms with Crippen LogP contribution in [0.4, 0.5) is 0 Å². The maximum atomic E-state index is 12.0. The second-order valence-electron chi connectivity index (χ2n) is 6.23. The average molecular weight is 226 g/mol. The quantitative estimate of drug-likeness (QED) is 0.800. The molecule has 3 nitrogen and oxygen atoms in total. The van der Waals surface area contributed by atoms with Gasteiger partial charge in [0.05, 0.1) is 6.04 Å². The number of carbonyl (C=O) groups is 1. The van der Waals surface area contributed by atoms with Gasteiger partial charge in [-0.2, -0.15) is 0 Å². The number of likely N-dealkylation sites (tertiary alicyclic amines) is 1. The molecular formula is C13H26N2O. The molecule has 16 heavy (non-hydrogen) atoms. The van der Waals surface area contributed by atoms with Gasteiger partial charge in [-0.25, -0.2) is 0 Å². The highest BCUT2D eigenvalue weighted by atomic mass is 16.2. The Balaban J connectivity index is 2.44. The number of piperidine rings is 1. The highest BCUT2D eigenvalue weighted by Crippen LogP contribution is 2.29. The van der Waals surface area contributed by atoms with Crippen LogP contribution >= 0.6 is 0 Å². The van der Waals surface area contributed by atoms with Gasteiger partial charge >= 0.3 is 0 Å². The first kappa shape index (κ1) is 13.5. The average Bonchev–Trinajstić information content (AvgIpc) is 2.15. The Morgan fingerprint density at radius 2 is 1.81 bits per heavy atom. The van der Waals surface area contributed by atoms with E-state index in [2.05, 4.69) is 27.7 Å². The standard InChI is InChI=1S/C13H26N2O/c1-10(2)9-11(14)12(16)15-7-5-13(3,4)6-8-15/h10-11H,5-9,14H2,1-4H3. The molecule has 1 atom stereocenters. The van der Waals surface area contributed by atoms with Gasteiger partial charge in [0.15, 0.2) is 0 Å². The lowest BCUT2D eigenvalue weighted by Crippen LogP contribution is -2.48. The molecule has 2 N–H and O–H groups in total.